The highest BCUT2D eigenvalue weighted by atomic mass is 35.5. The summed E-state index contributed by atoms with van der Waals surface area (Å²) in [4.78, 5) is 4.53. The van der Waals surface area contributed by atoms with E-state index in [1.165, 1.54) is 0 Å². The minimum absolute atomic E-state index is 0.748. The molecule has 0 aliphatic rings. The maximum absolute atomic E-state index is 6.17. The molecule has 0 fully saturated rings. The van der Waals surface area contributed by atoms with Gasteiger partial charge in [0.15, 0.2) is 0 Å². The topological polar surface area (TPSA) is 16.4 Å². The van der Waals surface area contributed by atoms with Crippen LogP contribution in [0.5, 0.6) is 0 Å². The average Bonchev–Trinajstić information content (AvgIpc) is 3.24. The van der Waals surface area contributed by atoms with Gasteiger partial charge in [-0.3, -0.25) is 0 Å². The number of benzene rings is 5. The Hall–Kier alpha value is -3.66. The van der Waals surface area contributed by atoms with Crippen LogP contribution in [0.2, 0.25) is 5.02 Å². The fourth-order valence-electron chi connectivity index (χ4n) is 4.21. The van der Waals surface area contributed by atoms with E-state index in [0.717, 1.165) is 53.8 Å². The normalized spacial score (nSPS) is 11.2. The van der Waals surface area contributed by atoms with Gasteiger partial charge in [-0.25, -0.2) is 0 Å². The van der Waals surface area contributed by atoms with Crippen molar-refractivity contribution in [3.05, 3.63) is 126 Å². The van der Waals surface area contributed by atoms with Gasteiger partial charge in [0.05, 0.1) is 0 Å². The van der Waals surface area contributed by atoms with Gasteiger partial charge in [0.1, 0.15) is 11.2 Å². The summed E-state index contributed by atoms with van der Waals surface area (Å²) in [5.41, 5.74) is 5.01. The maximum atomic E-state index is 6.17. The molecule has 0 N–H and O–H groups in total. The summed E-state index contributed by atoms with van der Waals surface area (Å²) in [6.07, 6.45) is 0. The predicted molar refractivity (Wildman–Crippen MR) is 144 cm³/mol. The molecule has 0 bridgehead atoms. The molecule has 164 valence electrons. The van der Waals surface area contributed by atoms with Crippen molar-refractivity contribution in [3.63, 3.8) is 0 Å². The number of hydrogen-bond acceptors (Lipinski definition) is 3. The van der Waals surface area contributed by atoms with Crippen molar-refractivity contribution in [2.75, 3.05) is 4.90 Å². The lowest BCUT2D eigenvalue weighted by Crippen LogP contribution is -2.09. The van der Waals surface area contributed by atoms with Crippen molar-refractivity contribution in [1.82, 2.24) is 0 Å². The van der Waals surface area contributed by atoms with Crippen molar-refractivity contribution in [1.29, 1.82) is 0 Å². The average molecular weight is 478 g/mol. The van der Waals surface area contributed by atoms with Crippen LogP contribution in [0.15, 0.2) is 136 Å². The van der Waals surface area contributed by atoms with Gasteiger partial charge in [-0.15, -0.1) is 0 Å². The van der Waals surface area contributed by atoms with E-state index in [0.29, 0.717) is 0 Å². The van der Waals surface area contributed by atoms with Crippen LogP contribution in [0.3, 0.4) is 0 Å². The summed E-state index contributed by atoms with van der Waals surface area (Å²) in [6, 6.07) is 41.5. The van der Waals surface area contributed by atoms with Crippen LogP contribution in [-0.4, -0.2) is 0 Å². The van der Waals surface area contributed by atoms with Crippen LogP contribution < -0.4 is 4.90 Å². The molecule has 34 heavy (non-hydrogen) atoms. The molecule has 5 aromatic carbocycles. The van der Waals surface area contributed by atoms with Crippen LogP contribution in [0.1, 0.15) is 0 Å². The molecule has 0 saturated heterocycles. The number of halogens is 1. The molecule has 1 heterocycles. The van der Waals surface area contributed by atoms with Gasteiger partial charge in [-0.05, 0) is 72.8 Å². The summed E-state index contributed by atoms with van der Waals surface area (Å²) in [5.74, 6) is 0. The molecule has 0 atom stereocenters. The third kappa shape index (κ3) is 4.05. The highest BCUT2D eigenvalue weighted by Gasteiger charge is 2.15. The molecule has 6 rings (SSSR count). The SMILES string of the molecule is Clc1cccc(Sc2ccc(N(c3ccccc3)c3ccc4c(c3)oc3ccccc34)cc2)c1. The Balaban J connectivity index is 1.40. The lowest BCUT2D eigenvalue weighted by atomic mass is 10.1. The lowest BCUT2D eigenvalue weighted by Gasteiger charge is -2.25. The number of hydrogen-bond donors (Lipinski definition) is 0. The van der Waals surface area contributed by atoms with E-state index >= 15 is 0 Å². The van der Waals surface area contributed by atoms with E-state index in [4.69, 9.17) is 16.0 Å². The molecule has 2 nitrogen and oxygen atoms in total. The van der Waals surface area contributed by atoms with Crippen LogP contribution in [0, 0.1) is 0 Å². The fraction of sp³-hybridized carbons (Fsp3) is 0. The quantitative estimate of drug-likeness (QED) is 0.246. The number of fused-ring (bicyclic) bond motifs is 3. The van der Waals surface area contributed by atoms with E-state index in [9.17, 15) is 0 Å². The standard InChI is InChI=1S/C30H20ClNOS/c31-21-7-6-10-26(19-21)34-25-16-13-23(14-17-25)32(22-8-2-1-3-9-22)24-15-18-28-27-11-4-5-12-29(27)33-30(28)20-24/h1-20H. The van der Waals surface area contributed by atoms with Gasteiger partial charge in [-0.1, -0.05) is 65.8 Å². The Morgan fingerprint density at radius 2 is 1.24 bits per heavy atom. The summed E-state index contributed by atoms with van der Waals surface area (Å²) < 4.78 is 6.17. The zero-order valence-electron chi connectivity index (χ0n) is 18.2. The van der Waals surface area contributed by atoms with E-state index in [1.54, 1.807) is 11.8 Å². The number of para-hydroxylation sites is 2. The van der Waals surface area contributed by atoms with Crippen molar-refractivity contribution >= 4 is 62.4 Å². The molecule has 0 aliphatic carbocycles. The third-order valence-corrected chi connectivity index (χ3v) is 6.99. The summed E-state index contributed by atoms with van der Waals surface area (Å²) in [5, 5.41) is 3.01. The first-order chi connectivity index (χ1) is 16.7. The molecular weight excluding hydrogens is 458 g/mol. The van der Waals surface area contributed by atoms with Gasteiger partial charge in [0, 0.05) is 48.7 Å². The Labute approximate surface area is 207 Å². The zero-order valence-corrected chi connectivity index (χ0v) is 19.8. The molecule has 0 amide bonds. The minimum atomic E-state index is 0.748. The second-order valence-electron chi connectivity index (χ2n) is 8.00. The van der Waals surface area contributed by atoms with Crippen LogP contribution in [-0.2, 0) is 0 Å². The first-order valence-electron chi connectivity index (χ1n) is 11.0. The van der Waals surface area contributed by atoms with Crippen LogP contribution in [0.4, 0.5) is 17.1 Å². The highest BCUT2D eigenvalue weighted by molar-refractivity contribution is 7.99. The van der Waals surface area contributed by atoms with Gasteiger partial charge >= 0.3 is 0 Å². The lowest BCUT2D eigenvalue weighted by molar-refractivity contribution is 0.669. The number of anilines is 3. The van der Waals surface area contributed by atoms with Crippen molar-refractivity contribution in [2.45, 2.75) is 9.79 Å². The maximum Gasteiger partial charge on any atom is 0.137 e. The van der Waals surface area contributed by atoms with Gasteiger partial charge in [0.25, 0.3) is 0 Å². The molecule has 0 radical (unpaired) electrons. The largest absolute Gasteiger partial charge is 0.456 e. The summed E-state index contributed by atoms with van der Waals surface area (Å²) >= 11 is 7.85. The number of rotatable bonds is 5. The summed E-state index contributed by atoms with van der Waals surface area (Å²) in [6.45, 7) is 0. The van der Waals surface area contributed by atoms with Crippen molar-refractivity contribution < 1.29 is 4.42 Å². The monoisotopic (exact) mass is 477 g/mol. The van der Waals surface area contributed by atoms with Crippen molar-refractivity contribution in [2.24, 2.45) is 0 Å². The molecule has 6 aromatic rings. The smallest absolute Gasteiger partial charge is 0.137 e. The molecule has 0 spiro atoms. The summed E-state index contributed by atoms with van der Waals surface area (Å²) in [7, 11) is 0. The third-order valence-electron chi connectivity index (χ3n) is 5.76. The second kappa shape index (κ2) is 8.94. The number of furan rings is 1. The van der Waals surface area contributed by atoms with E-state index in [2.05, 4.69) is 83.8 Å². The predicted octanol–water partition coefficient (Wildman–Crippen LogP) is 9.86. The van der Waals surface area contributed by atoms with E-state index in [-0.39, 0.29) is 0 Å². The van der Waals surface area contributed by atoms with E-state index in [1.807, 2.05) is 42.5 Å². The van der Waals surface area contributed by atoms with Gasteiger partial charge in [-0.2, -0.15) is 0 Å². The molecule has 4 heteroatoms. The highest BCUT2D eigenvalue weighted by Crippen LogP contribution is 2.39. The molecule has 0 unspecified atom stereocenters. The molecule has 0 saturated carbocycles. The molecular formula is C30H20ClNOS. The van der Waals surface area contributed by atoms with Crippen LogP contribution >= 0.6 is 23.4 Å². The second-order valence-corrected chi connectivity index (χ2v) is 9.59. The van der Waals surface area contributed by atoms with Gasteiger partial charge in [0.2, 0.25) is 0 Å². The van der Waals surface area contributed by atoms with E-state index < -0.39 is 0 Å². The first kappa shape index (κ1) is 20.9. The first-order valence-corrected chi connectivity index (χ1v) is 12.2. The molecule has 1 aromatic heterocycles. The zero-order chi connectivity index (χ0) is 22.9. The number of nitrogens with zero attached hydrogens (tertiary/aromatic N) is 1. The van der Waals surface area contributed by atoms with Gasteiger partial charge < -0.3 is 9.32 Å². The Morgan fingerprint density at radius 3 is 2.06 bits per heavy atom. The molecule has 0 aliphatic heterocycles. The Morgan fingerprint density at radius 1 is 0.529 bits per heavy atom. The fourth-order valence-corrected chi connectivity index (χ4v) is 5.34. The Bertz CT molecular complexity index is 1590. The Kier molecular flexibility index (Phi) is 5.50. The van der Waals surface area contributed by atoms with Crippen molar-refractivity contribution in [3.8, 4) is 0 Å². The van der Waals surface area contributed by atoms with Crippen LogP contribution in [0.25, 0.3) is 21.9 Å². The minimum Gasteiger partial charge on any atom is -0.456 e.